The summed E-state index contributed by atoms with van der Waals surface area (Å²) >= 11 is 0. The average Bonchev–Trinajstić information content (AvgIpc) is 2.91. The van der Waals surface area contributed by atoms with E-state index in [-0.39, 0.29) is 16.7 Å². The highest BCUT2D eigenvalue weighted by Gasteiger charge is 2.59. The summed E-state index contributed by atoms with van der Waals surface area (Å²) in [7, 11) is -4.40. The van der Waals surface area contributed by atoms with Gasteiger partial charge in [-0.2, -0.15) is 8.42 Å². The molecule has 4 rings (SSSR count). The number of fused-ring (bicyclic) bond motifs is 5. The predicted octanol–water partition coefficient (Wildman–Crippen LogP) is 4.34. The van der Waals surface area contributed by atoms with Crippen LogP contribution in [0, 0.1) is 34.5 Å². The summed E-state index contributed by atoms with van der Waals surface area (Å²) in [6.07, 6.45) is 9.54. The number of rotatable bonds is 3. The summed E-state index contributed by atoms with van der Waals surface area (Å²) in [5.74, 6) is 2.43. The third kappa shape index (κ3) is 3.12. The molecule has 0 bridgehead atoms. The van der Waals surface area contributed by atoms with Gasteiger partial charge in [0.05, 0.1) is 6.10 Å². The molecule has 5 nitrogen and oxygen atoms in total. The maximum atomic E-state index is 12.2. The summed E-state index contributed by atoms with van der Waals surface area (Å²) in [6.45, 7) is 6.46. The van der Waals surface area contributed by atoms with Crippen molar-refractivity contribution < 1.29 is 21.9 Å². The second-order valence-electron chi connectivity index (χ2n) is 9.93. The van der Waals surface area contributed by atoms with Crippen molar-refractivity contribution in [3.05, 3.63) is 11.6 Å². The zero-order valence-electron chi connectivity index (χ0n) is 16.6. The molecule has 7 atom stereocenters. The van der Waals surface area contributed by atoms with Gasteiger partial charge in [-0.15, -0.1) is 0 Å². The summed E-state index contributed by atoms with van der Waals surface area (Å²) < 4.78 is 36.1. The lowest BCUT2D eigenvalue weighted by molar-refractivity contribution is -0.127. The average molecular weight is 399 g/mol. The van der Waals surface area contributed by atoms with Crippen LogP contribution < -0.4 is 0 Å². The molecular formula is C21H32O5S. The van der Waals surface area contributed by atoms with E-state index in [1.54, 1.807) is 6.92 Å². The Kier molecular flexibility index (Phi) is 4.64. The van der Waals surface area contributed by atoms with Gasteiger partial charge in [0.2, 0.25) is 0 Å². The first-order valence-electron chi connectivity index (χ1n) is 10.4. The fourth-order valence-electron chi connectivity index (χ4n) is 7.55. The molecule has 4 aliphatic rings. The summed E-state index contributed by atoms with van der Waals surface area (Å²) in [6, 6.07) is 0. The second-order valence-corrected chi connectivity index (χ2v) is 11.0. The monoisotopic (exact) mass is 398 g/mol. The maximum Gasteiger partial charge on any atom is 0.397 e. The molecule has 0 heterocycles. The molecule has 0 aromatic carbocycles. The van der Waals surface area contributed by atoms with Gasteiger partial charge in [0, 0.05) is 5.92 Å². The highest BCUT2D eigenvalue weighted by atomic mass is 32.3. The molecule has 6 heteroatoms. The van der Waals surface area contributed by atoms with E-state index in [1.807, 2.05) is 0 Å². The lowest BCUT2D eigenvalue weighted by Gasteiger charge is -2.58. The van der Waals surface area contributed by atoms with E-state index in [1.165, 1.54) is 5.57 Å². The van der Waals surface area contributed by atoms with E-state index >= 15 is 0 Å². The Bertz CT molecular complexity index is 771. The molecule has 1 N–H and O–H groups in total. The van der Waals surface area contributed by atoms with Crippen LogP contribution in [0.15, 0.2) is 11.6 Å². The third-order valence-electron chi connectivity index (χ3n) is 8.81. The summed E-state index contributed by atoms with van der Waals surface area (Å²) in [4.78, 5) is 12.2. The molecule has 152 valence electrons. The highest BCUT2D eigenvalue weighted by molar-refractivity contribution is 7.80. The minimum atomic E-state index is -4.40. The van der Waals surface area contributed by atoms with Gasteiger partial charge < -0.3 is 0 Å². The summed E-state index contributed by atoms with van der Waals surface area (Å²) in [5, 5.41) is 0. The molecule has 0 unspecified atom stereocenters. The topological polar surface area (TPSA) is 80.7 Å². The van der Waals surface area contributed by atoms with Crippen LogP contribution in [0.1, 0.15) is 72.1 Å². The number of Topliss-reactive ketones (excluding diaryl/α,β-unsaturated/α-hetero) is 1. The van der Waals surface area contributed by atoms with E-state index in [0.717, 1.165) is 38.5 Å². The third-order valence-corrected chi connectivity index (χ3v) is 9.32. The van der Waals surface area contributed by atoms with Crippen molar-refractivity contribution in [2.45, 2.75) is 78.2 Å². The molecule has 4 aliphatic carbocycles. The van der Waals surface area contributed by atoms with Crippen molar-refractivity contribution in [1.29, 1.82) is 0 Å². The zero-order valence-corrected chi connectivity index (χ0v) is 17.4. The van der Waals surface area contributed by atoms with Crippen molar-refractivity contribution in [1.82, 2.24) is 0 Å². The first-order chi connectivity index (χ1) is 12.5. The van der Waals surface area contributed by atoms with Crippen LogP contribution in [-0.4, -0.2) is 24.9 Å². The van der Waals surface area contributed by atoms with Crippen molar-refractivity contribution in [2.75, 3.05) is 0 Å². The van der Waals surface area contributed by atoms with Crippen molar-refractivity contribution in [2.24, 2.45) is 34.5 Å². The van der Waals surface area contributed by atoms with Gasteiger partial charge in [-0.3, -0.25) is 9.35 Å². The van der Waals surface area contributed by atoms with Crippen molar-refractivity contribution >= 4 is 16.2 Å². The van der Waals surface area contributed by atoms with Crippen LogP contribution in [0.2, 0.25) is 0 Å². The number of carbonyl (C=O) groups excluding carboxylic acids is 1. The predicted molar refractivity (Wildman–Crippen MR) is 102 cm³/mol. The van der Waals surface area contributed by atoms with Crippen molar-refractivity contribution in [3.8, 4) is 0 Å². The van der Waals surface area contributed by atoms with Gasteiger partial charge in [0.25, 0.3) is 0 Å². The standard InChI is InChI=1S/C21H32O5S/c1-13(22)17-6-7-18-16-5-4-14-12-15(26-27(23,24)25)8-10-20(14,2)19(16)9-11-21(17,18)3/h4,15-19H,5-12H2,1-3H3,(H,23,24,25)/t15-,16-,17+,18-,19-,20-,21+/m0/s1/i1+1,13+1. The van der Waals surface area contributed by atoms with Gasteiger partial charge in [-0.1, -0.05) is 25.5 Å². The Labute approximate surface area is 162 Å². The van der Waals surface area contributed by atoms with Crippen LogP contribution in [0.3, 0.4) is 0 Å². The highest BCUT2D eigenvalue weighted by Crippen LogP contribution is 2.66. The van der Waals surface area contributed by atoms with Crippen LogP contribution >= 0.6 is 0 Å². The van der Waals surface area contributed by atoms with E-state index < -0.39 is 16.5 Å². The molecule has 0 aromatic rings. The fourth-order valence-corrected chi connectivity index (χ4v) is 8.06. The molecule has 0 aromatic heterocycles. The first kappa shape index (κ1) is 19.6. The first-order valence-corrected chi connectivity index (χ1v) is 11.8. The number of hydrogen-bond donors (Lipinski definition) is 1. The lowest BCUT2D eigenvalue weighted by Crippen LogP contribution is -2.51. The molecule has 0 radical (unpaired) electrons. The Balaban J connectivity index is 1.58. The van der Waals surface area contributed by atoms with Gasteiger partial charge in [-0.25, -0.2) is 4.18 Å². The van der Waals surface area contributed by atoms with E-state index in [0.29, 0.717) is 36.4 Å². The number of hydrogen-bond acceptors (Lipinski definition) is 4. The molecule has 3 fully saturated rings. The Morgan fingerprint density at radius 3 is 2.56 bits per heavy atom. The molecule has 3 saturated carbocycles. The number of carbonyl (C=O) groups is 1. The fraction of sp³-hybridized carbons (Fsp3) is 0.857. The lowest BCUT2D eigenvalue weighted by atomic mass is 9.47. The van der Waals surface area contributed by atoms with Gasteiger partial charge in [-0.05, 0) is 86.9 Å². The van der Waals surface area contributed by atoms with Crippen LogP contribution in [-0.2, 0) is 19.4 Å². The quantitative estimate of drug-likeness (QED) is 0.434. The molecule has 0 saturated heterocycles. The van der Waals surface area contributed by atoms with Gasteiger partial charge in [0.15, 0.2) is 0 Å². The van der Waals surface area contributed by atoms with E-state index in [4.69, 9.17) is 8.74 Å². The smallest absolute Gasteiger partial charge is 0.300 e. The van der Waals surface area contributed by atoms with Gasteiger partial charge in [0.1, 0.15) is 5.78 Å². The minimum absolute atomic E-state index is 0.0949. The maximum absolute atomic E-state index is 12.2. The molecule has 27 heavy (non-hydrogen) atoms. The number of allylic oxidation sites excluding steroid dienone is 1. The molecule has 0 spiro atoms. The Hall–Kier alpha value is -0.720. The molecule has 0 amide bonds. The minimum Gasteiger partial charge on any atom is -0.300 e. The number of ketones is 1. The molecule has 0 aliphatic heterocycles. The van der Waals surface area contributed by atoms with Crippen LogP contribution in [0.4, 0.5) is 0 Å². The largest absolute Gasteiger partial charge is 0.397 e. The Morgan fingerprint density at radius 1 is 1.15 bits per heavy atom. The van der Waals surface area contributed by atoms with Crippen LogP contribution in [0.5, 0.6) is 0 Å². The van der Waals surface area contributed by atoms with Crippen LogP contribution in [0.25, 0.3) is 0 Å². The second kappa shape index (κ2) is 6.39. The molecular weight excluding hydrogens is 366 g/mol. The van der Waals surface area contributed by atoms with E-state index in [2.05, 4.69) is 19.9 Å². The Morgan fingerprint density at radius 2 is 1.89 bits per heavy atom. The normalized spacial score (nSPS) is 46.8. The zero-order chi connectivity index (χ0) is 19.6. The summed E-state index contributed by atoms with van der Waals surface area (Å²) in [5.41, 5.74) is 1.56. The SMILES string of the molecule is C[C@]12CC[C@H]3[C@@H](CC=C4C[C@@H](OS(=O)(=O)O)CC[C@@]43C)[C@@H]1CC[C@@H]2[13C]([13CH3])=O. The van der Waals surface area contributed by atoms with Crippen molar-refractivity contribution in [3.63, 3.8) is 0 Å². The van der Waals surface area contributed by atoms with E-state index in [9.17, 15) is 13.2 Å². The van der Waals surface area contributed by atoms with Gasteiger partial charge >= 0.3 is 10.4 Å².